The van der Waals surface area contributed by atoms with Gasteiger partial charge in [-0.05, 0) is 38.0 Å². The van der Waals surface area contributed by atoms with E-state index in [0.29, 0.717) is 29.6 Å². The number of likely N-dealkylation sites (N-methyl/N-ethyl adjacent to an activating group) is 1. The summed E-state index contributed by atoms with van der Waals surface area (Å²) in [6.07, 6.45) is -0.439. The summed E-state index contributed by atoms with van der Waals surface area (Å²) in [5, 5.41) is 24.2. The standard InChI is InChI=1S/C28H27N5O6/c1-15(34)33-24-28(39,17-9-5-7-11-19(17)32(24)25(37)27(33)12-13-27)14-20-22(36)30(3)26(2,38)23-29-18-10-6-4-8-16(18)21(35)31(20)23/h4-11,20,24,38-39H,12-14H2,1-3H3/t20-,24-,26-,28-/m1/s1. The van der Waals surface area contributed by atoms with Crippen LogP contribution in [-0.4, -0.2) is 66.0 Å². The van der Waals surface area contributed by atoms with E-state index in [9.17, 15) is 29.4 Å². The van der Waals surface area contributed by atoms with Crippen LogP contribution in [0, 0.1) is 0 Å². The number of benzene rings is 2. The molecule has 1 aromatic heterocycles. The van der Waals surface area contributed by atoms with E-state index < -0.39 is 40.5 Å². The van der Waals surface area contributed by atoms with E-state index in [-0.39, 0.29) is 29.4 Å². The van der Waals surface area contributed by atoms with Crippen molar-refractivity contribution >= 4 is 34.3 Å². The molecular formula is C28H27N5O6. The van der Waals surface area contributed by atoms with Gasteiger partial charge in [0, 0.05) is 26.0 Å². The molecule has 2 fully saturated rings. The second kappa shape index (κ2) is 7.30. The average molecular weight is 530 g/mol. The highest BCUT2D eigenvalue weighted by molar-refractivity contribution is 6.10. The van der Waals surface area contributed by atoms with Crippen LogP contribution in [-0.2, 0) is 25.7 Å². The number of rotatable bonds is 2. The normalized spacial score (nSPS) is 30.1. The van der Waals surface area contributed by atoms with Crippen molar-refractivity contribution in [2.45, 2.75) is 62.2 Å². The number of carbonyl (C=O) groups is 3. The SMILES string of the molecule is CC(=O)N1[C@H]2N(C(=O)C13CC3)c1ccccc1[C@]2(O)C[C@@H]1C(=O)N(C)[C@](C)(O)c2nc3ccccc3c(=O)n21. The fourth-order valence-corrected chi connectivity index (χ4v) is 6.85. The van der Waals surface area contributed by atoms with Crippen molar-refractivity contribution in [3.05, 3.63) is 70.3 Å². The Morgan fingerprint density at radius 2 is 1.72 bits per heavy atom. The van der Waals surface area contributed by atoms with Crippen molar-refractivity contribution in [1.82, 2.24) is 19.4 Å². The number of hydrogen-bond donors (Lipinski definition) is 2. The Morgan fingerprint density at radius 3 is 2.41 bits per heavy atom. The van der Waals surface area contributed by atoms with Crippen LogP contribution in [0.25, 0.3) is 10.9 Å². The molecule has 200 valence electrons. The van der Waals surface area contributed by atoms with Gasteiger partial charge in [0.25, 0.3) is 11.5 Å². The van der Waals surface area contributed by atoms with Crippen molar-refractivity contribution in [3.8, 4) is 0 Å². The van der Waals surface area contributed by atoms with Crippen molar-refractivity contribution in [2.24, 2.45) is 0 Å². The molecule has 4 aliphatic rings. The van der Waals surface area contributed by atoms with Gasteiger partial charge in [0.05, 0.1) is 16.6 Å². The maximum absolute atomic E-state index is 13.9. The highest BCUT2D eigenvalue weighted by Gasteiger charge is 2.73. The lowest BCUT2D eigenvalue weighted by atomic mass is 9.84. The third-order valence-corrected chi connectivity index (χ3v) is 9.00. The summed E-state index contributed by atoms with van der Waals surface area (Å²) in [4.78, 5) is 63.0. The second-order valence-corrected chi connectivity index (χ2v) is 11.2. The maximum Gasteiger partial charge on any atom is 0.262 e. The van der Waals surface area contributed by atoms with Gasteiger partial charge in [-0.25, -0.2) is 4.98 Å². The largest absolute Gasteiger partial charge is 0.381 e. The van der Waals surface area contributed by atoms with Crippen LogP contribution in [0.2, 0.25) is 0 Å². The Balaban J connectivity index is 1.46. The van der Waals surface area contributed by atoms with Gasteiger partial charge in [0.15, 0.2) is 11.5 Å². The first-order chi connectivity index (χ1) is 18.4. The minimum Gasteiger partial charge on any atom is -0.381 e. The number of para-hydroxylation sites is 2. The average Bonchev–Trinajstić information content (AvgIpc) is 3.61. The molecule has 1 aliphatic carbocycles. The van der Waals surface area contributed by atoms with Gasteiger partial charge in [-0.1, -0.05) is 30.3 Å². The van der Waals surface area contributed by atoms with Gasteiger partial charge in [-0.2, -0.15) is 0 Å². The van der Waals surface area contributed by atoms with Crippen LogP contribution >= 0.6 is 0 Å². The lowest BCUT2D eigenvalue weighted by Gasteiger charge is -2.45. The van der Waals surface area contributed by atoms with Gasteiger partial charge in [0.1, 0.15) is 23.3 Å². The van der Waals surface area contributed by atoms with Crippen molar-refractivity contribution in [3.63, 3.8) is 0 Å². The summed E-state index contributed by atoms with van der Waals surface area (Å²) in [5.74, 6) is -1.25. The lowest BCUT2D eigenvalue weighted by Crippen LogP contribution is -2.60. The van der Waals surface area contributed by atoms with Crippen LogP contribution in [0.3, 0.4) is 0 Å². The van der Waals surface area contributed by atoms with Crippen LogP contribution in [0.4, 0.5) is 5.69 Å². The summed E-state index contributed by atoms with van der Waals surface area (Å²) in [7, 11) is 1.42. The number of fused-ring (bicyclic) bond motifs is 5. The molecule has 0 unspecified atom stereocenters. The van der Waals surface area contributed by atoms with E-state index in [1.165, 1.54) is 30.7 Å². The van der Waals surface area contributed by atoms with Gasteiger partial charge >= 0.3 is 0 Å². The van der Waals surface area contributed by atoms with E-state index >= 15 is 0 Å². The fourth-order valence-electron chi connectivity index (χ4n) is 6.85. The molecule has 4 heterocycles. The number of aromatic nitrogens is 2. The van der Waals surface area contributed by atoms with Gasteiger partial charge < -0.3 is 20.0 Å². The third kappa shape index (κ3) is 2.76. The Labute approximate surface area is 222 Å². The quantitative estimate of drug-likeness (QED) is 0.504. The Hall–Kier alpha value is -4.09. The van der Waals surface area contributed by atoms with Crippen molar-refractivity contribution in [2.75, 3.05) is 11.9 Å². The second-order valence-electron chi connectivity index (χ2n) is 11.2. The van der Waals surface area contributed by atoms with Crippen molar-refractivity contribution in [1.29, 1.82) is 0 Å². The molecule has 2 aromatic carbocycles. The van der Waals surface area contributed by atoms with Gasteiger partial charge in [-0.15, -0.1) is 0 Å². The summed E-state index contributed by atoms with van der Waals surface area (Å²) in [6.45, 7) is 2.76. The summed E-state index contributed by atoms with van der Waals surface area (Å²) >= 11 is 0. The molecule has 39 heavy (non-hydrogen) atoms. The summed E-state index contributed by atoms with van der Waals surface area (Å²) in [6, 6.07) is 12.2. The zero-order valence-corrected chi connectivity index (χ0v) is 21.7. The van der Waals surface area contributed by atoms with E-state index in [1.54, 1.807) is 48.5 Å². The monoisotopic (exact) mass is 529 g/mol. The molecule has 11 nitrogen and oxygen atoms in total. The van der Waals surface area contributed by atoms with E-state index in [1.807, 2.05) is 0 Å². The number of amides is 3. The third-order valence-electron chi connectivity index (χ3n) is 9.00. The number of carbonyl (C=O) groups excluding carboxylic acids is 3. The smallest absolute Gasteiger partial charge is 0.262 e. The minimum absolute atomic E-state index is 0.0328. The molecule has 1 saturated heterocycles. The minimum atomic E-state index is -1.90. The molecule has 3 amide bonds. The molecule has 7 rings (SSSR count). The number of aliphatic hydroxyl groups is 2. The Kier molecular flexibility index (Phi) is 4.49. The van der Waals surface area contributed by atoms with Crippen LogP contribution in [0.1, 0.15) is 50.5 Å². The molecular weight excluding hydrogens is 502 g/mol. The molecule has 1 spiro atoms. The first kappa shape index (κ1) is 24.0. The predicted octanol–water partition coefficient (Wildman–Crippen LogP) is 0.920. The van der Waals surface area contributed by atoms with E-state index in [4.69, 9.17) is 0 Å². The molecule has 2 N–H and O–H groups in total. The number of anilines is 1. The molecule has 11 heteroatoms. The first-order valence-corrected chi connectivity index (χ1v) is 12.9. The highest BCUT2D eigenvalue weighted by atomic mass is 16.3. The van der Waals surface area contributed by atoms with Gasteiger partial charge in [0.2, 0.25) is 11.8 Å². The molecule has 0 radical (unpaired) electrons. The van der Waals surface area contributed by atoms with E-state index in [2.05, 4.69) is 4.98 Å². The Bertz CT molecular complexity index is 1690. The topological polar surface area (TPSA) is 136 Å². The first-order valence-electron chi connectivity index (χ1n) is 12.9. The molecule has 3 aliphatic heterocycles. The molecule has 1 saturated carbocycles. The number of nitrogens with zero attached hydrogens (tertiary/aromatic N) is 5. The van der Waals surface area contributed by atoms with Crippen LogP contribution < -0.4 is 10.5 Å². The lowest BCUT2D eigenvalue weighted by molar-refractivity contribution is -0.172. The van der Waals surface area contributed by atoms with E-state index in [0.717, 1.165) is 9.47 Å². The molecule has 3 aromatic rings. The van der Waals surface area contributed by atoms with Gasteiger partial charge in [-0.3, -0.25) is 28.6 Å². The number of hydrogen-bond acceptors (Lipinski definition) is 7. The zero-order valence-electron chi connectivity index (χ0n) is 21.7. The van der Waals surface area contributed by atoms with Crippen LogP contribution in [0.5, 0.6) is 0 Å². The summed E-state index contributed by atoms with van der Waals surface area (Å²) < 4.78 is 1.16. The zero-order chi connectivity index (χ0) is 27.6. The predicted molar refractivity (Wildman–Crippen MR) is 138 cm³/mol. The fraction of sp³-hybridized carbons (Fsp3) is 0.393. The Morgan fingerprint density at radius 1 is 1.05 bits per heavy atom. The summed E-state index contributed by atoms with van der Waals surface area (Å²) in [5.41, 5.74) is -4.10. The highest BCUT2D eigenvalue weighted by Crippen LogP contribution is 2.60. The molecule has 4 atom stereocenters. The van der Waals surface area contributed by atoms with Crippen LogP contribution in [0.15, 0.2) is 53.3 Å². The van der Waals surface area contributed by atoms with Crippen molar-refractivity contribution < 1.29 is 24.6 Å². The maximum atomic E-state index is 13.9. The molecule has 0 bridgehead atoms.